The summed E-state index contributed by atoms with van der Waals surface area (Å²) in [5.41, 5.74) is 1.69. The number of nitrogens with zero attached hydrogens (tertiary/aromatic N) is 1. The van der Waals surface area contributed by atoms with Crippen molar-refractivity contribution in [2.45, 2.75) is 11.8 Å². The number of ether oxygens (including phenoxy) is 1. The fourth-order valence-electron chi connectivity index (χ4n) is 2.05. The summed E-state index contributed by atoms with van der Waals surface area (Å²) >= 11 is 0. The Morgan fingerprint density at radius 1 is 1.09 bits per heavy atom. The van der Waals surface area contributed by atoms with E-state index in [2.05, 4.69) is 6.58 Å². The van der Waals surface area contributed by atoms with Crippen LogP contribution in [0.15, 0.2) is 66.1 Å². The zero-order valence-electron chi connectivity index (χ0n) is 12.7. The highest BCUT2D eigenvalue weighted by Gasteiger charge is 2.23. The van der Waals surface area contributed by atoms with Crippen LogP contribution in [0.3, 0.4) is 0 Å². The van der Waals surface area contributed by atoms with Gasteiger partial charge in [0.1, 0.15) is 5.75 Å². The molecule has 4 nitrogen and oxygen atoms in total. The highest BCUT2D eigenvalue weighted by Crippen LogP contribution is 2.25. The van der Waals surface area contributed by atoms with Gasteiger partial charge in [-0.2, -0.15) is 0 Å². The monoisotopic (exact) mass is 317 g/mol. The molecule has 0 aromatic heterocycles. The van der Waals surface area contributed by atoms with Crippen LogP contribution in [-0.4, -0.2) is 22.1 Å². The molecule has 0 spiro atoms. The summed E-state index contributed by atoms with van der Waals surface area (Å²) in [6.07, 6.45) is 1.57. The Bertz CT molecular complexity index is 734. The van der Waals surface area contributed by atoms with Crippen LogP contribution in [0.25, 0.3) is 0 Å². The van der Waals surface area contributed by atoms with Gasteiger partial charge in [0, 0.05) is 0 Å². The van der Waals surface area contributed by atoms with Crippen molar-refractivity contribution in [1.82, 2.24) is 0 Å². The van der Waals surface area contributed by atoms with E-state index in [1.165, 1.54) is 4.31 Å². The van der Waals surface area contributed by atoms with Crippen LogP contribution < -0.4 is 9.04 Å². The van der Waals surface area contributed by atoms with Crippen LogP contribution in [0.5, 0.6) is 5.75 Å². The highest BCUT2D eigenvalue weighted by atomic mass is 32.2. The van der Waals surface area contributed by atoms with E-state index in [1.54, 1.807) is 49.6 Å². The van der Waals surface area contributed by atoms with E-state index < -0.39 is 10.0 Å². The molecular weight excluding hydrogens is 298 g/mol. The molecule has 0 aliphatic heterocycles. The molecule has 2 aromatic carbocycles. The van der Waals surface area contributed by atoms with Crippen molar-refractivity contribution in [1.29, 1.82) is 0 Å². The van der Waals surface area contributed by atoms with Gasteiger partial charge in [0.2, 0.25) is 0 Å². The molecule has 0 unspecified atom stereocenters. The molecule has 5 heteroatoms. The summed E-state index contributed by atoms with van der Waals surface area (Å²) in [5.74, 6) is 0.615. The van der Waals surface area contributed by atoms with Crippen molar-refractivity contribution in [3.05, 3.63) is 66.7 Å². The first kappa shape index (κ1) is 16.1. The molecular formula is C17H19NO3S. The van der Waals surface area contributed by atoms with Gasteiger partial charge in [-0.1, -0.05) is 23.8 Å². The normalized spacial score (nSPS) is 11.0. The predicted molar refractivity (Wildman–Crippen MR) is 88.9 cm³/mol. The molecule has 0 radical (unpaired) electrons. The fourth-order valence-corrected chi connectivity index (χ4v) is 3.48. The molecule has 0 amide bonds. The maximum Gasteiger partial charge on any atom is 0.264 e. The number of rotatable bonds is 6. The molecule has 0 aliphatic carbocycles. The van der Waals surface area contributed by atoms with E-state index >= 15 is 0 Å². The summed E-state index contributed by atoms with van der Waals surface area (Å²) in [7, 11) is -2.11. The number of hydrogen-bond donors (Lipinski definition) is 0. The average Bonchev–Trinajstić information content (AvgIpc) is 2.53. The van der Waals surface area contributed by atoms with Gasteiger partial charge < -0.3 is 4.74 Å². The Kier molecular flexibility index (Phi) is 4.88. The summed E-state index contributed by atoms with van der Waals surface area (Å²) < 4.78 is 32.1. The Morgan fingerprint density at radius 3 is 2.18 bits per heavy atom. The molecule has 0 fully saturated rings. The van der Waals surface area contributed by atoms with Gasteiger partial charge in [0.05, 0.1) is 24.2 Å². The summed E-state index contributed by atoms with van der Waals surface area (Å²) in [4.78, 5) is 0.218. The molecule has 2 rings (SSSR count). The quantitative estimate of drug-likeness (QED) is 0.767. The van der Waals surface area contributed by atoms with Gasteiger partial charge in [-0.05, 0) is 43.3 Å². The van der Waals surface area contributed by atoms with Crippen molar-refractivity contribution in [2.24, 2.45) is 0 Å². The lowest BCUT2D eigenvalue weighted by atomic mass is 10.2. The number of hydrogen-bond acceptors (Lipinski definition) is 3. The molecule has 0 bridgehead atoms. The molecule has 0 N–H and O–H groups in total. The van der Waals surface area contributed by atoms with E-state index in [1.807, 2.05) is 19.1 Å². The number of aryl methyl sites for hydroxylation is 1. The lowest BCUT2D eigenvalue weighted by molar-refractivity contribution is 0.414. The lowest BCUT2D eigenvalue weighted by Gasteiger charge is -2.23. The Labute approximate surface area is 131 Å². The van der Waals surface area contributed by atoms with E-state index in [-0.39, 0.29) is 11.4 Å². The van der Waals surface area contributed by atoms with Gasteiger partial charge in [0.25, 0.3) is 10.0 Å². The third-order valence-electron chi connectivity index (χ3n) is 3.26. The Balaban J connectivity index is 2.44. The summed E-state index contributed by atoms with van der Waals surface area (Å²) in [6, 6.07) is 13.7. The lowest BCUT2D eigenvalue weighted by Crippen LogP contribution is -2.31. The SMILES string of the molecule is C=CCN(c1ccc(C)cc1)S(=O)(=O)c1ccc(OC)cc1. The third kappa shape index (κ3) is 3.31. The first-order chi connectivity index (χ1) is 10.5. The van der Waals surface area contributed by atoms with E-state index in [0.29, 0.717) is 11.4 Å². The smallest absolute Gasteiger partial charge is 0.264 e. The molecule has 0 atom stereocenters. The van der Waals surface area contributed by atoms with E-state index in [9.17, 15) is 8.42 Å². The average molecular weight is 317 g/mol. The maximum absolute atomic E-state index is 12.8. The first-order valence-electron chi connectivity index (χ1n) is 6.83. The zero-order chi connectivity index (χ0) is 16.2. The highest BCUT2D eigenvalue weighted by molar-refractivity contribution is 7.92. The second-order valence-corrected chi connectivity index (χ2v) is 6.70. The van der Waals surface area contributed by atoms with Crippen molar-refractivity contribution < 1.29 is 13.2 Å². The molecule has 22 heavy (non-hydrogen) atoms. The number of methoxy groups -OCH3 is 1. The van der Waals surface area contributed by atoms with Crippen LogP contribution in [0.1, 0.15) is 5.56 Å². The topological polar surface area (TPSA) is 46.6 Å². The standard InChI is InChI=1S/C17H19NO3S/c1-4-13-18(15-7-5-14(2)6-8-15)22(19,20)17-11-9-16(21-3)10-12-17/h4-12H,1,13H2,2-3H3. The van der Waals surface area contributed by atoms with Gasteiger partial charge in [-0.25, -0.2) is 8.42 Å². The fraction of sp³-hybridized carbons (Fsp3) is 0.176. The number of benzene rings is 2. The summed E-state index contributed by atoms with van der Waals surface area (Å²) in [5, 5.41) is 0. The number of sulfonamides is 1. The maximum atomic E-state index is 12.8. The third-order valence-corrected chi connectivity index (χ3v) is 5.07. The van der Waals surface area contributed by atoms with Crippen molar-refractivity contribution >= 4 is 15.7 Å². The molecule has 0 aliphatic rings. The molecule has 0 saturated heterocycles. The first-order valence-corrected chi connectivity index (χ1v) is 8.27. The van der Waals surface area contributed by atoms with E-state index in [4.69, 9.17) is 4.74 Å². The van der Waals surface area contributed by atoms with Crippen molar-refractivity contribution in [3.8, 4) is 5.75 Å². The van der Waals surface area contributed by atoms with Crippen molar-refractivity contribution in [2.75, 3.05) is 18.0 Å². The van der Waals surface area contributed by atoms with Crippen LogP contribution in [0.2, 0.25) is 0 Å². The molecule has 0 heterocycles. The second kappa shape index (κ2) is 6.66. The van der Waals surface area contributed by atoms with Crippen LogP contribution in [-0.2, 0) is 10.0 Å². The Hall–Kier alpha value is -2.27. The zero-order valence-corrected chi connectivity index (χ0v) is 13.5. The van der Waals surface area contributed by atoms with Crippen LogP contribution in [0, 0.1) is 6.92 Å². The van der Waals surface area contributed by atoms with E-state index in [0.717, 1.165) is 5.56 Å². The largest absolute Gasteiger partial charge is 0.497 e. The number of anilines is 1. The van der Waals surface area contributed by atoms with Gasteiger partial charge in [0.15, 0.2) is 0 Å². The van der Waals surface area contributed by atoms with Crippen LogP contribution >= 0.6 is 0 Å². The minimum atomic E-state index is -3.65. The van der Waals surface area contributed by atoms with Crippen LogP contribution in [0.4, 0.5) is 5.69 Å². The minimum absolute atomic E-state index is 0.206. The minimum Gasteiger partial charge on any atom is -0.497 e. The van der Waals surface area contributed by atoms with Gasteiger partial charge in [-0.3, -0.25) is 4.31 Å². The van der Waals surface area contributed by atoms with Crippen molar-refractivity contribution in [3.63, 3.8) is 0 Å². The van der Waals surface area contributed by atoms with Gasteiger partial charge in [-0.15, -0.1) is 6.58 Å². The molecule has 0 saturated carbocycles. The molecule has 2 aromatic rings. The Morgan fingerprint density at radius 2 is 1.68 bits per heavy atom. The molecule has 116 valence electrons. The van der Waals surface area contributed by atoms with Gasteiger partial charge >= 0.3 is 0 Å². The second-order valence-electron chi connectivity index (χ2n) is 4.84. The predicted octanol–water partition coefficient (Wildman–Crippen LogP) is 3.38. The summed E-state index contributed by atoms with van der Waals surface area (Å²) in [6.45, 7) is 5.82.